The lowest BCUT2D eigenvalue weighted by Crippen LogP contribution is -2.50. The molecule has 1 saturated heterocycles. The van der Waals surface area contributed by atoms with Gasteiger partial charge < -0.3 is 4.90 Å². The molecule has 32 heavy (non-hydrogen) atoms. The first kappa shape index (κ1) is 21.0. The lowest BCUT2D eigenvalue weighted by molar-refractivity contribution is -0.384. The first-order valence-electron chi connectivity index (χ1n) is 10.4. The van der Waals surface area contributed by atoms with Crippen molar-refractivity contribution in [2.75, 3.05) is 26.2 Å². The third-order valence-electron chi connectivity index (χ3n) is 6.16. The van der Waals surface area contributed by atoms with Gasteiger partial charge in [-0.1, -0.05) is 6.07 Å². The molecule has 0 spiro atoms. The summed E-state index contributed by atoms with van der Waals surface area (Å²) in [5, 5.41) is 11.6. The molecule has 0 atom stereocenters. The fourth-order valence-electron chi connectivity index (χ4n) is 4.39. The van der Waals surface area contributed by atoms with Gasteiger partial charge in [0.2, 0.25) is 10.0 Å². The molecule has 0 unspecified atom stereocenters. The number of carbonyl (C=O) groups is 1. The Hall–Kier alpha value is -2.82. The summed E-state index contributed by atoms with van der Waals surface area (Å²) in [5.41, 5.74) is 2.33. The topological polar surface area (TPSA) is 101 Å². The van der Waals surface area contributed by atoms with Crippen LogP contribution in [0, 0.1) is 10.1 Å². The van der Waals surface area contributed by atoms with Gasteiger partial charge in [-0.25, -0.2) is 8.42 Å². The summed E-state index contributed by atoms with van der Waals surface area (Å²) in [4.78, 5) is 26.0. The van der Waals surface area contributed by atoms with Crippen molar-refractivity contribution in [3.05, 3.63) is 68.6 Å². The van der Waals surface area contributed by atoms with E-state index in [0.29, 0.717) is 28.2 Å². The van der Waals surface area contributed by atoms with E-state index >= 15 is 0 Å². The van der Waals surface area contributed by atoms with E-state index in [1.165, 1.54) is 33.3 Å². The van der Waals surface area contributed by atoms with Crippen LogP contribution in [-0.2, 0) is 22.9 Å². The van der Waals surface area contributed by atoms with Crippen molar-refractivity contribution >= 4 is 43.0 Å². The van der Waals surface area contributed by atoms with Crippen LogP contribution in [0.5, 0.6) is 0 Å². The number of aryl methyl sites for hydroxylation is 2. The van der Waals surface area contributed by atoms with Crippen LogP contribution in [0.3, 0.4) is 0 Å². The minimum Gasteiger partial charge on any atom is -0.335 e. The van der Waals surface area contributed by atoms with Gasteiger partial charge in [-0.05, 0) is 54.7 Å². The van der Waals surface area contributed by atoms with Crippen molar-refractivity contribution in [1.82, 2.24) is 9.21 Å². The Morgan fingerprint density at radius 2 is 1.72 bits per heavy atom. The highest BCUT2D eigenvalue weighted by Gasteiger charge is 2.31. The fraction of sp³-hybridized carbons (Fsp3) is 0.318. The van der Waals surface area contributed by atoms with Crippen LogP contribution in [0.15, 0.2) is 47.4 Å². The summed E-state index contributed by atoms with van der Waals surface area (Å²) in [7, 11) is -3.60. The SMILES string of the molecule is O=C(c1cc2cc([N+](=O)[O-])ccc2s1)N1CCN(S(=O)(=O)c2ccc3c(c2)CCC3)CC1. The maximum absolute atomic E-state index is 13.1. The second kappa shape index (κ2) is 7.95. The van der Waals surface area contributed by atoms with Crippen LogP contribution in [0.2, 0.25) is 0 Å². The third kappa shape index (κ3) is 3.68. The van der Waals surface area contributed by atoms with E-state index in [1.807, 2.05) is 6.07 Å². The number of non-ortho nitro benzene ring substituents is 1. The molecule has 166 valence electrons. The van der Waals surface area contributed by atoms with Gasteiger partial charge in [-0.2, -0.15) is 4.31 Å². The molecule has 0 bridgehead atoms. The molecule has 0 radical (unpaired) electrons. The molecule has 1 amide bonds. The summed E-state index contributed by atoms with van der Waals surface area (Å²) < 4.78 is 28.5. The molecule has 2 aliphatic rings. The minimum atomic E-state index is -3.60. The Morgan fingerprint density at radius 3 is 2.47 bits per heavy atom. The molecule has 2 aromatic carbocycles. The molecule has 0 N–H and O–H groups in total. The van der Waals surface area contributed by atoms with Crippen molar-refractivity contribution in [3.8, 4) is 0 Å². The molecule has 5 rings (SSSR count). The number of nitro benzene ring substituents is 1. The van der Waals surface area contributed by atoms with Crippen molar-refractivity contribution in [1.29, 1.82) is 0 Å². The Kier molecular flexibility index (Phi) is 5.23. The van der Waals surface area contributed by atoms with E-state index in [2.05, 4.69) is 0 Å². The van der Waals surface area contributed by atoms with Crippen LogP contribution in [0.4, 0.5) is 5.69 Å². The van der Waals surface area contributed by atoms with Crippen LogP contribution in [-0.4, -0.2) is 54.6 Å². The number of piperazine rings is 1. The molecule has 8 nitrogen and oxygen atoms in total. The van der Waals surface area contributed by atoms with Crippen LogP contribution in [0.25, 0.3) is 10.1 Å². The number of sulfonamides is 1. The van der Waals surface area contributed by atoms with Gasteiger partial charge in [0, 0.05) is 48.4 Å². The number of nitro groups is 1. The van der Waals surface area contributed by atoms with E-state index in [4.69, 9.17) is 0 Å². The van der Waals surface area contributed by atoms with Gasteiger partial charge >= 0.3 is 0 Å². The number of nitrogens with zero attached hydrogens (tertiary/aromatic N) is 3. The zero-order valence-corrected chi connectivity index (χ0v) is 18.8. The monoisotopic (exact) mass is 471 g/mol. The Morgan fingerprint density at radius 1 is 0.969 bits per heavy atom. The second-order valence-corrected chi connectivity index (χ2v) is 11.1. The Balaban J connectivity index is 1.29. The van der Waals surface area contributed by atoms with Gasteiger partial charge in [0.15, 0.2) is 0 Å². The number of thiophene rings is 1. The molecule has 3 aromatic rings. The molecule has 1 aliphatic heterocycles. The number of benzene rings is 2. The highest BCUT2D eigenvalue weighted by Crippen LogP contribution is 2.31. The smallest absolute Gasteiger partial charge is 0.270 e. The van der Waals surface area contributed by atoms with Crippen LogP contribution < -0.4 is 0 Å². The largest absolute Gasteiger partial charge is 0.335 e. The molecular formula is C22H21N3O5S2. The number of fused-ring (bicyclic) bond motifs is 2. The number of rotatable bonds is 4. The maximum Gasteiger partial charge on any atom is 0.270 e. The van der Waals surface area contributed by atoms with Gasteiger partial charge in [0.1, 0.15) is 0 Å². The van der Waals surface area contributed by atoms with Gasteiger partial charge in [-0.15, -0.1) is 11.3 Å². The lowest BCUT2D eigenvalue weighted by Gasteiger charge is -2.33. The predicted molar refractivity (Wildman–Crippen MR) is 122 cm³/mol. The predicted octanol–water partition coefficient (Wildman–Crippen LogP) is 3.44. The number of hydrogen-bond donors (Lipinski definition) is 0. The van der Waals surface area contributed by atoms with Gasteiger partial charge in [-0.3, -0.25) is 14.9 Å². The van der Waals surface area contributed by atoms with Crippen LogP contribution in [0.1, 0.15) is 27.2 Å². The molecule has 1 aromatic heterocycles. The summed E-state index contributed by atoms with van der Waals surface area (Å²) in [5.74, 6) is -0.177. The molecule has 0 saturated carbocycles. The van der Waals surface area contributed by atoms with E-state index in [-0.39, 0.29) is 24.7 Å². The first-order valence-corrected chi connectivity index (χ1v) is 12.7. The maximum atomic E-state index is 13.1. The Bertz CT molecular complexity index is 1340. The van der Waals surface area contributed by atoms with Crippen molar-refractivity contribution in [2.24, 2.45) is 0 Å². The molecule has 10 heteroatoms. The van der Waals surface area contributed by atoms with E-state index < -0.39 is 14.9 Å². The number of carbonyl (C=O) groups excluding carboxylic acids is 1. The number of hydrogen-bond acceptors (Lipinski definition) is 6. The highest BCUT2D eigenvalue weighted by molar-refractivity contribution is 7.89. The summed E-state index contributed by atoms with van der Waals surface area (Å²) in [6, 6.07) is 11.6. The average molecular weight is 472 g/mol. The molecule has 1 aliphatic carbocycles. The van der Waals surface area contributed by atoms with Crippen molar-refractivity contribution < 1.29 is 18.1 Å². The zero-order chi connectivity index (χ0) is 22.5. The zero-order valence-electron chi connectivity index (χ0n) is 17.2. The normalized spacial score (nSPS) is 16.9. The van der Waals surface area contributed by atoms with Crippen molar-refractivity contribution in [3.63, 3.8) is 0 Å². The van der Waals surface area contributed by atoms with E-state index in [9.17, 15) is 23.3 Å². The minimum absolute atomic E-state index is 0.0142. The quantitative estimate of drug-likeness (QED) is 0.429. The molecular weight excluding hydrogens is 450 g/mol. The first-order chi connectivity index (χ1) is 15.3. The summed E-state index contributed by atoms with van der Waals surface area (Å²) in [6.07, 6.45) is 2.98. The summed E-state index contributed by atoms with van der Waals surface area (Å²) in [6.45, 7) is 1.08. The average Bonchev–Trinajstić information content (AvgIpc) is 3.44. The van der Waals surface area contributed by atoms with Gasteiger partial charge in [0.05, 0.1) is 14.7 Å². The molecule has 1 fully saturated rings. The van der Waals surface area contributed by atoms with Crippen LogP contribution >= 0.6 is 11.3 Å². The Labute approximate surface area is 189 Å². The lowest BCUT2D eigenvalue weighted by atomic mass is 10.1. The fourth-order valence-corrected chi connectivity index (χ4v) is 6.88. The van der Waals surface area contributed by atoms with E-state index in [1.54, 1.807) is 29.2 Å². The van der Waals surface area contributed by atoms with E-state index in [0.717, 1.165) is 29.5 Å². The third-order valence-corrected chi connectivity index (χ3v) is 9.15. The molecule has 2 heterocycles. The second-order valence-electron chi connectivity index (χ2n) is 8.07. The van der Waals surface area contributed by atoms with Gasteiger partial charge in [0.25, 0.3) is 11.6 Å². The summed E-state index contributed by atoms with van der Waals surface area (Å²) >= 11 is 1.29. The van der Waals surface area contributed by atoms with Crippen molar-refractivity contribution in [2.45, 2.75) is 24.2 Å². The highest BCUT2D eigenvalue weighted by atomic mass is 32.2. The standard InChI is InChI=1S/C22H21N3O5S2/c26-22(21-14-17-12-18(25(27)28)5-7-20(17)31-21)23-8-10-24(11-9-23)32(29,30)19-6-4-15-2-1-3-16(15)13-19/h4-7,12-14H,1-3,8-11H2. The number of amides is 1.